The van der Waals surface area contributed by atoms with Gasteiger partial charge in [-0.1, -0.05) is 48.5 Å². The molecule has 2 aromatic carbocycles. The van der Waals surface area contributed by atoms with E-state index in [0.29, 0.717) is 12.1 Å². The lowest BCUT2D eigenvalue weighted by Crippen LogP contribution is -2.58. The van der Waals surface area contributed by atoms with E-state index in [1.54, 1.807) is 36.7 Å². The maximum absolute atomic E-state index is 14.0. The number of para-hydroxylation sites is 1. The number of amides is 3. The summed E-state index contributed by atoms with van der Waals surface area (Å²) in [6.07, 6.45) is 5.44. The number of nitrogens with one attached hydrogen (secondary N) is 5. The number of carboxylic acids is 1. The first-order chi connectivity index (χ1) is 22.6. The van der Waals surface area contributed by atoms with E-state index in [4.69, 9.17) is 17.2 Å². The van der Waals surface area contributed by atoms with Gasteiger partial charge >= 0.3 is 5.97 Å². The number of nitrogens with two attached hydrogens (primary N) is 3. The summed E-state index contributed by atoms with van der Waals surface area (Å²) in [4.78, 5) is 66.6. The van der Waals surface area contributed by atoms with Crippen LogP contribution < -0.4 is 33.2 Å². The van der Waals surface area contributed by atoms with Crippen LogP contribution in [0, 0.1) is 0 Å². The predicted octanol–water partition coefficient (Wildman–Crippen LogP) is -0.161. The first-order valence-corrected chi connectivity index (χ1v) is 15.1. The number of H-pyrrole nitrogens is 2. The van der Waals surface area contributed by atoms with Gasteiger partial charge in [0.25, 0.3) is 0 Å². The lowest BCUT2D eigenvalue weighted by molar-refractivity contribution is -0.142. The molecule has 4 aromatic rings. The number of aliphatic carboxylic acids is 1. The number of aliphatic imine (C=N–C) groups is 1. The van der Waals surface area contributed by atoms with Gasteiger partial charge in [0.2, 0.25) is 17.7 Å². The summed E-state index contributed by atoms with van der Waals surface area (Å²) in [5.74, 6) is -3.29. The molecule has 2 aromatic heterocycles. The highest BCUT2D eigenvalue weighted by atomic mass is 16.4. The molecule has 15 heteroatoms. The van der Waals surface area contributed by atoms with E-state index in [9.17, 15) is 24.3 Å². The molecule has 4 unspecified atom stereocenters. The molecule has 0 fully saturated rings. The zero-order chi connectivity index (χ0) is 33.8. The average molecular weight is 645 g/mol. The molecule has 0 aliphatic rings. The number of carbonyl (C=O) groups is 4. The highest BCUT2D eigenvalue weighted by molar-refractivity contribution is 5.95. The Hall–Kier alpha value is -5.70. The number of hydrogen-bond acceptors (Lipinski definition) is 7. The Bertz CT molecular complexity index is 1670. The van der Waals surface area contributed by atoms with Crippen molar-refractivity contribution in [1.82, 2.24) is 30.9 Å². The number of aromatic amines is 2. The van der Waals surface area contributed by atoms with Gasteiger partial charge in [0.1, 0.15) is 18.1 Å². The fourth-order valence-corrected chi connectivity index (χ4v) is 5.10. The Balaban J connectivity index is 1.56. The van der Waals surface area contributed by atoms with Crippen molar-refractivity contribution < 1.29 is 24.3 Å². The normalized spacial score (nSPS) is 13.6. The number of carboxylic acid groups (broad SMARTS) is 1. The molecule has 0 aliphatic heterocycles. The number of benzene rings is 2. The largest absolute Gasteiger partial charge is 0.480 e. The van der Waals surface area contributed by atoms with Gasteiger partial charge in [0, 0.05) is 54.8 Å². The van der Waals surface area contributed by atoms with Gasteiger partial charge in [-0.25, -0.2) is 9.78 Å². The standard InChI is InChI=1S/C32H40N10O5/c33-23(15-21-17-36-18-39-21)28(43)41-27(14-20-16-38-24-10-5-4-9-22(20)24)30(45)42-26(13-19-7-2-1-3-8-19)29(44)40-25(31(46)47)11-6-12-37-32(34)35/h1-5,7-10,16-18,23,25-27,38H,6,11-15,33H2,(H,36,39)(H,40,44)(H,41,43)(H,42,45)(H,46,47)(H4,34,35,37). The third kappa shape index (κ3) is 10.2. The quantitative estimate of drug-likeness (QED) is 0.0419. The van der Waals surface area contributed by atoms with Gasteiger partial charge in [0.05, 0.1) is 12.4 Å². The van der Waals surface area contributed by atoms with Crippen LogP contribution in [0.1, 0.15) is 29.7 Å². The van der Waals surface area contributed by atoms with Crippen LogP contribution >= 0.6 is 0 Å². The minimum Gasteiger partial charge on any atom is -0.480 e. The number of fused-ring (bicyclic) bond motifs is 1. The molecule has 12 N–H and O–H groups in total. The fraction of sp³-hybridized carbons (Fsp3) is 0.312. The van der Waals surface area contributed by atoms with Crippen molar-refractivity contribution in [3.63, 3.8) is 0 Å². The van der Waals surface area contributed by atoms with Gasteiger partial charge in [-0.2, -0.15) is 0 Å². The van der Waals surface area contributed by atoms with Crippen LogP contribution in [0.2, 0.25) is 0 Å². The highest BCUT2D eigenvalue weighted by Crippen LogP contribution is 2.19. The summed E-state index contributed by atoms with van der Waals surface area (Å²) in [6, 6.07) is 11.9. The average Bonchev–Trinajstić information content (AvgIpc) is 3.72. The first-order valence-electron chi connectivity index (χ1n) is 15.1. The van der Waals surface area contributed by atoms with Crippen molar-refractivity contribution >= 4 is 40.6 Å². The Labute approximate surface area is 270 Å². The smallest absolute Gasteiger partial charge is 0.326 e. The minimum absolute atomic E-state index is 0.0529. The van der Waals surface area contributed by atoms with Crippen molar-refractivity contribution in [2.24, 2.45) is 22.2 Å². The van der Waals surface area contributed by atoms with E-state index in [0.717, 1.165) is 22.0 Å². The third-order valence-corrected chi connectivity index (χ3v) is 7.54. The van der Waals surface area contributed by atoms with E-state index in [1.807, 2.05) is 30.3 Å². The van der Waals surface area contributed by atoms with Crippen LogP contribution in [-0.4, -0.2) is 80.4 Å². The Kier molecular flexibility index (Phi) is 12.0. The SMILES string of the molecule is NC(N)=NCCCC(NC(=O)C(Cc1ccccc1)NC(=O)C(Cc1c[nH]c2ccccc12)NC(=O)C(N)Cc1cnc[nH]1)C(=O)O. The second-order valence-corrected chi connectivity index (χ2v) is 11.1. The van der Waals surface area contributed by atoms with E-state index in [1.165, 1.54) is 6.33 Å². The zero-order valence-electron chi connectivity index (χ0n) is 25.7. The van der Waals surface area contributed by atoms with Crippen LogP contribution in [0.25, 0.3) is 10.9 Å². The number of imidazole rings is 1. The lowest BCUT2D eigenvalue weighted by Gasteiger charge is -2.25. The zero-order valence-corrected chi connectivity index (χ0v) is 25.7. The number of aromatic nitrogens is 3. The van der Waals surface area contributed by atoms with Crippen molar-refractivity contribution in [2.75, 3.05) is 6.54 Å². The summed E-state index contributed by atoms with van der Waals surface area (Å²) in [5, 5.41) is 18.7. The fourth-order valence-electron chi connectivity index (χ4n) is 5.10. The molecule has 3 amide bonds. The molecule has 0 saturated carbocycles. The molecular formula is C32H40N10O5. The van der Waals surface area contributed by atoms with Crippen molar-refractivity contribution in [1.29, 1.82) is 0 Å². The van der Waals surface area contributed by atoms with Crippen LogP contribution in [0.5, 0.6) is 0 Å². The maximum atomic E-state index is 14.0. The van der Waals surface area contributed by atoms with E-state index in [2.05, 4.69) is 35.9 Å². The second-order valence-electron chi connectivity index (χ2n) is 11.1. The number of guanidine groups is 1. The second kappa shape index (κ2) is 16.6. The summed E-state index contributed by atoms with van der Waals surface area (Å²) in [5.41, 5.74) is 19.9. The van der Waals surface area contributed by atoms with Gasteiger partial charge in [0.15, 0.2) is 5.96 Å². The minimum atomic E-state index is -1.26. The third-order valence-electron chi connectivity index (χ3n) is 7.54. The summed E-state index contributed by atoms with van der Waals surface area (Å²) in [7, 11) is 0. The number of hydrogen-bond donors (Lipinski definition) is 9. The van der Waals surface area contributed by atoms with Crippen LogP contribution in [0.4, 0.5) is 0 Å². The molecular weight excluding hydrogens is 604 g/mol. The molecule has 2 heterocycles. The lowest BCUT2D eigenvalue weighted by atomic mass is 10.0. The topological polar surface area (TPSA) is 259 Å². The first kappa shape index (κ1) is 34.2. The van der Waals surface area contributed by atoms with Crippen LogP contribution in [0.3, 0.4) is 0 Å². The number of nitrogens with zero attached hydrogens (tertiary/aromatic N) is 2. The Morgan fingerprint density at radius 2 is 1.49 bits per heavy atom. The molecule has 248 valence electrons. The molecule has 47 heavy (non-hydrogen) atoms. The van der Waals surface area contributed by atoms with E-state index >= 15 is 0 Å². The molecule has 0 spiro atoms. The van der Waals surface area contributed by atoms with Gasteiger partial charge in [-0.05, 0) is 30.0 Å². The molecule has 0 radical (unpaired) electrons. The molecule has 0 aliphatic carbocycles. The van der Waals surface area contributed by atoms with Gasteiger partial charge < -0.3 is 48.2 Å². The predicted molar refractivity (Wildman–Crippen MR) is 176 cm³/mol. The van der Waals surface area contributed by atoms with Crippen molar-refractivity contribution in [3.8, 4) is 0 Å². The monoisotopic (exact) mass is 644 g/mol. The molecule has 4 atom stereocenters. The summed E-state index contributed by atoms with van der Waals surface area (Å²) >= 11 is 0. The van der Waals surface area contributed by atoms with Crippen LogP contribution in [0.15, 0.2) is 78.3 Å². The summed E-state index contributed by atoms with van der Waals surface area (Å²) in [6.45, 7) is 0.184. The Morgan fingerprint density at radius 3 is 2.17 bits per heavy atom. The van der Waals surface area contributed by atoms with Crippen LogP contribution in [-0.2, 0) is 38.4 Å². The van der Waals surface area contributed by atoms with E-state index < -0.39 is 47.9 Å². The number of carbonyl (C=O) groups excluding carboxylic acids is 3. The van der Waals surface area contributed by atoms with Crippen molar-refractivity contribution in [3.05, 3.63) is 90.1 Å². The number of rotatable bonds is 17. The highest BCUT2D eigenvalue weighted by Gasteiger charge is 2.31. The van der Waals surface area contributed by atoms with Gasteiger partial charge in [-0.15, -0.1) is 0 Å². The van der Waals surface area contributed by atoms with Crippen molar-refractivity contribution in [2.45, 2.75) is 56.3 Å². The maximum Gasteiger partial charge on any atom is 0.326 e. The van der Waals surface area contributed by atoms with Gasteiger partial charge in [-0.3, -0.25) is 19.4 Å². The molecule has 0 saturated heterocycles. The molecule has 4 rings (SSSR count). The van der Waals surface area contributed by atoms with E-state index in [-0.39, 0.29) is 38.2 Å². The Morgan fingerprint density at radius 1 is 0.830 bits per heavy atom. The summed E-state index contributed by atoms with van der Waals surface area (Å²) < 4.78 is 0. The molecule has 0 bridgehead atoms. The molecule has 15 nitrogen and oxygen atoms in total.